The lowest BCUT2D eigenvalue weighted by Gasteiger charge is -2.53. The van der Waals surface area contributed by atoms with E-state index in [4.69, 9.17) is 4.74 Å². The molecule has 6 rings (SSSR count). The van der Waals surface area contributed by atoms with Gasteiger partial charge in [-0.3, -0.25) is 4.79 Å². The third-order valence-corrected chi connectivity index (χ3v) is 11.8. The van der Waals surface area contributed by atoms with Gasteiger partial charge in [0, 0.05) is 25.3 Å². The molecule has 0 aromatic heterocycles. The van der Waals surface area contributed by atoms with Gasteiger partial charge in [0.2, 0.25) is 6.41 Å². The van der Waals surface area contributed by atoms with Gasteiger partial charge in [0.1, 0.15) is 24.0 Å². The van der Waals surface area contributed by atoms with E-state index in [1.54, 1.807) is 12.1 Å². The van der Waals surface area contributed by atoms with E-state index in [1.807, 2.05) is 18.2 Å². The van der Waals surface area contributed by atoms with E-state index in [2.05, 4.69) is 22.8 Å². The van der Waals surface area contributed by atoms with Crippen molar-refractivity contribution < 1.29 is 29.3 Å². The molecule has 0 radical (unpaired) electrons. The number of phenols is 1. The molecule has 3 saturated heterocycles. The molecular weight excluding hydrogens is 602 g/mol. The molecule has 4 aliphatic rings. The summed E-state index contributed by atoms with van der Waals surface area (Å²) in [4.78, 5) is 10.7. The molecule has 8 nitrogen and oxygen atoms in total. The Morgan fingerprint density at radius 1 is 0.896 bits per heavy atom. The predicted octanol–water partition coefficient (Wildman–Crippen LogP) is 6.80. The molecule has 2 aromatic rings. The van der Waals surface area contributed by atoms with Gasteiger partial charge in [-0.25, -0.2) is 0 Å². The normalized spacial score (nSPS) is 24.4. The number of carbonyl (C=O) groups excluding carboxylic acids is 1. The maximum absolute atomic E-state index is 12.0. The number of unbranched alkanes of at least 4 members (excludes halogenated alkanes) is 8. The molecule has 0 spiro atoms. The van der Waals surface area contributed by atoms with Crippen LogP contribution in [0.25, 0.3) is 0 Å². The number of hydrogen-bond acceptors (Lipinski definition) is 6. The van der Waals surface area contributed by atoms with Gasteiger partial charge in [-0.05, 0) is 67.8 Å². The second kappa shape index (κ2) is 18.5. The highest BCUT2D eigenvalue weighted by molar-refractivity contribution is 5.75. The number of aliphatic hydroxyl groups is 2. The Balaban J connectivity index is 0.906. The van der Waals surface area contributed by atoms with Gasteiger partial charge in [0.05, 0.1) is 38.0 Å². The number of aromatic hydroxyl groups is 1. The number of piperidine rings is 3. The molecule has 2 bridgehead atoms. The molecule has 1 amide bonds. The molecule has 3 atom stereocenters. The molecule has 1 aliphatic carbocycles. The van der Waals surface area contributed by atoms with Crippen LogP contribution in [-0.4, -0.2) is 78.2 Å². The summed E-state index contributed by atoms with van der Waals surface area (Å²) in [6.07, 6.45) is 18.7. The van der Waals surface area contributed by atoms with Crippen molar-refractivity contribution in [3.05, 3.63) is 59.7 Å². The summed E-state index contributed by atoms with van der Waals surface area (Å²) in [5, 5.41) is 38.0. The van der Waals surface area contributed by atoms with Crippen molar-refractivity contribution in [1.82, 2.24) is 5.32 Å². The number of fused-ring (bicyclic) bond motifs is 3. The Hall–Kier alpha value is -2.49. The van der Waals surface area contributed by atoms with Gasteiger partial charge < -0.3 is 35.2 Å². The third-order valence-electron chi connectivity index (χ3n) is 11.8. The first-order valence-electron chi connectivity index (χ1n) is 19.1. The lowest BCUT2D eigenvalue weighted by molar-refractivity contribution is -0.946. The van der Waals surface area contributed by atoms with Crippen molar-refractivity contribution in [3.63, 3.8) is 0 Å². The predicted molar refractivity (Wildman–Crippen MR) is 192 cm³/mol. The van der Waals surface area contributed by atoms with Crippen molar-refractivity contribution in [2.45, 2.75) is 114 Å². The standard InChI is InChI=1S/C40H61N3O5/c44-31-42-36-27-33(19-20-37(36)45)38(46)28-41-23-13-6-4-2-1-3-5-7-14-24-43-25-21-32(22-26-43)39(29-43)48-30-40(47,35-17-11-12-18-35)34-15-9-8-10-16-34/h8-10,15-16,19-20,27,31-32,35,38-39,41,46-47H,1-7,11-14,17-18,21-26,28-30H2,(H-,42,44,45)/p+1/t32?,38-,39-,40+,43?/m0/s1. The minimum atomic E-state index is -0.868. The molecule has 0 unspecified atom stereocenters. The average molecular weight is 665 g/mol. The zero-order valence-electron chi connectivity index (χ0n) is 29.2. The minimum absolute atomic E-state index is 0.0137. The molecule has 48 heavy (non-hydrogen) atoms. The lowest BCUT2D eigenvalue weighted by atomic mass is 9.80. The summed E-state index contributed by atoms with van der Waals surface area (Å²) in [5.74, 6) is 0.941. The molecule has 8 heteroatoms. The van der Waals surface area contributed by atoms with E-state index in [0.29, 0.717) is 42.6 Å². The summed E-state index contributed by atoms with van der Waals surface area (Å²) in [6.45, 7) is 6.77. The Morgan fingerprint density at radius 2 is 1.56 bits per heavy atom. The second-order valence-corrected chi connectivity index (χ2v) is 15.1. The highest BCUT2D eigenvalue weighted by Crippen LogP contribution is 2.43. The maximum atomic E-state index is 12.0. The van der Waals surface area contributed by atoms with Gasteiger partial charge in [-0.2, -0.15) is 0 Å². The number of ether oxygens (including phenoxy) is 1. The van der Waals surface area contributed by atoms with Crippen LogP contribution >= 0.6 is 0 Å². The monoisotopic (exact) mass is 664 g/mol. The second-order valence-electron chi connectivity index (χ2n) is 15.1. The molecule has 2 aromatic carbocycles. The van der Waals surface area contributed by atoms with Crippen LogP contribution in [-0.2, 0) is 15.1 Å². The number of anilines is 1. The quantitative estimate of drug-likeness (QED) is 0.0410. The Labute approximate surface area is 288 Å². The number of benzene rings is 2. The van der Waals surface area contributed by atoms with E-state index in [1.165, 1.54) is 107 Å². The minimum Gasteiger partial charge on any atom is -0.506 e. The van der Waals surface area contributed by atoms with E-state index in [9.17, 15) is 20.1 Å². The fraction of sp³-hybridized carbons (Fsp3) is 0.675. The van der Waals surface area contributed by atoms with E-state index in [0.717, 1.165) is 37.9 Å². The van der Waals surface area contributed by atoms with Crippen molar-refractivity contribution in [2.75, 3.05) is 51.2 Å². The first kappa shape index (κ1) is 36.8. The number of rotatable bonds is 22. The zero-order chi connectivity index (χ0) is 33.7. The number of phenolic OH excluding ortho intramolecular Hbond substituents is 1. The smallest absolute Gasteiger partial charge is 0.211 e. The molecule has 3 heterocycles. The maximum Gasteiger partial charge on any atom is 0.211 e. The number of carbonyl (C=O) groups is 1. The van der Waals surface area contributed by atoms with Crippen LogP contribution in [0.3, 0.4) is 0 Å². The number of quaternary nitrogens is 1. The lowest BCUT2D eigenvalue weighted by Crippen LogP contribution is -2.64. The number of nitrogens with zero attached hydrogens (tertiary/aromatic N) is 1. The molecule has 3 aliphatic heterocycles. The molecular formula is C40H62N3O5+. The van der Waals surface area contributed by atoms with Gasteiger partial charge in [-0.15, -0.1) is 0 Å². The average Bonchev–Trinajstić information content (AvgIpc) is 3.67. The van der Waals surface area contributed by atoms with Crippen LogP contribution in [0.2, 0.25) is 0 Å². The fourth-order valence-electron chi connectivity index (χ4n) is 8.76. The fourth-order valence-corrected chi connectivity index (χ4v) is 8.76. The van der Waals surface area contributed by atoms with Crippen LogP contribution in [0.1, 0.15) is 114 Å². The highest BCUT2D eigenvalue weighted by atomic mass is 16.5. The number of hydrogen-bond donors (Lipinski definition) is 5. The molecule has 4 fully saturated rings. The SMILES string of the molecule is O=CNc1cc([C@@H](O)CNCCCCCCCCCCC[N+]23CCC(CC2)[C@@H](OC[C@@](O)(c2ccccc2)C2CCCC2)C3)ccc1O. The number of nitrogens with one attached hydrogen (secondary N) is 2. The van der Waals surface area contributed by atoms with Crippen LogP contribution in [0.15, 0.2) is 48.5 Å². The van der Waals surface area contributed by atoms with Gasteiger partial charge in [0.15, 0.2) is 0 Å². The Morgan fingerprint density at radius 3 is 2.25 bits per heavy atom. The first-order valence-corrected chi connectivity index (χ1v) is 19.1. The summed E-state index contributed by atoms with van der Waals surface area (Å²) in [5.41, 5.74) is 1.13. The molecule has 266 valence electrons. The summed E-state index contributed by atoms with van der Waals surface area (Å²) < 4.78 is 7.96. The zero-order valence-corrected chi connectivity index (χ0v) is 29.2. The Bertz CT molecular complexity index is 1230. The summed E-state index contributed by atoms with van der Waals surface area (Å²) in [6, 6.07) is 15.1. The van der Waals surface area contributed by atoms with Crippen LogP contribution in [0.5, 0.6) is 5.75 Å². The van der Waals surface area contributed by atoms with Crippen LogP contribution in [0, 0.1) is 11.8 Å². The number of aliphatic hydroxyl groups excluding tert-OH is 1. The van der Waals surface area contributed by atoms with Gasteiger partial charge in [0.25, 0.3) is 0 Å². The van der Waals surface area contributed by atoms with Crippen LogP contribution < -0.4 is 10.6 Å². The third kappa shape index (κ3) is 10.0. The van der Waals surface area contributed by atoms with Crippen molar-refractivity contribution in [1.29, 1.82) is 0 Å². The highest BCUT2D eigenvalue weighted by Gasteiger charge is 2.48. The van der Waals surface area contributed by atoms with Gasteiger partial charge >= 0.3 is 0 Å². The van der Waals surface area contributed by atoms with Crippen molar-refractivity contribution >= 4 is 12.1 Å². The van der Waals surface area contributed by atoms with Crippen molar-refractivity contribution in [2.24, 2.45) is 11.8 Å². The van der Waals surface area contributed by atoms with Crippen molar-refractivity contribution in [3.8, 4) is 5.75 Å². The van der Waals surface area contributed by atoms with Gasteiger partial charge in [-0.1, -0.05) is 87.8 Å². The molecule has 1 saturated carbocycles. The first-order chi connectivity index (χ1) is 23.4. The Kier molecular flexibility index (Phi) is 14.2. The molecule has 5 N–H and O–H groups in total. The topological polar surface area (TPSA) is 111 Å². The van der Waals surface area contributed by atoms with E-state index >= 15 is 0 Å². The van der Waals surface area contributed by atoms with E-state index in [-0.39, 0.29) is 11.9 Å². The summed E-state index contributed by atoms with van der Waals surface area (Å²) >= 11 is 0. The summed E-state index contributed by atoms with van der Waals surface area (Å²) in [7, 11) is 0. The number of amides is 1. The van der Waals surface area contributed by atoms with Crippen LogP contribution in [0.4, 0.5) is 5.69 Å². The largest absolute Gasteiger partial charge is 0.506 e. The van der Waals surface area contributed by atoms with E-state index < -0.39 is 11.7 Å².